The van der Waals surface area contributed by atoms with Gasteiger partial charge in [-0.3, -0.25) is 9.59 Å². The summed E-state index contributed by atoms with van der Waals surface area (Å²) in [5.74, 6) is 0.368. The molecule has 0 aliphatic heterocycles. The molecule has 1 unspecified atom stereocenters. The number of aryl methyl sites for hydroxylation is 1. The van der Waals surface area contributed by atoms with Crippen LogP contribution in [0.15, 0.2) is 4.79 Å². The number of hydrogen-bond donors (Lipinski definition) is 1. The molecule has 0 bridgehead atoms. The molecule has 0 radical (unpaired) electrons. The van der Waals surface area contributed by atoms with E-state index in [2.05, 4.69) is 22.6 Å². The third-order valence-corrected chi connectivity index (χ3v) is 5.25. The smallest absolute Gasteiger partial charge is 0.279 e. The highest BCUT2D eigenvalue weighted by Gasteiger charge is 2.23. The largest absolute Gasteiger partial charge is 0.383 e. The summed E-state index contributed by atoms with van der Waals surface area (Å²) in [5.41, 5.74) is 0.889. The first-order valence-corrected chi connectivity index (χ1v) is 8.55. The second kappa shape index (κ2) is 6.76. The van der Waals surface area contributed by atoms with Crippen LogP contribution in [-0.2, 0) is 28.9 Å². The lowest BCUT2D eigenvalue weighted by atomic mass is 9.89. The number of carbonyl (C=O) groups excluding carboxylic acids is 1. The van der Waals surface area contributed by atoms with Crippen molar-refractivity contribution in [2.24, 2.45) is 5.92 Å². The van der Waals surface area contributed by atoms with Crippen LogP contribution in [0.25, 0.3) is 10.2 Å². The van der Waals surface area contributed by atoms with E-state index in [1.54, 1.807) is 18.4 Å². The molecule has 2 aromatic rings. The Morgan fingerprint density at radius 2 is 2.35 bits per heavy atom. The summed E-state index contributed by atoms with van der Waals surface area (Å²) in [7, 11) is 1.57. The first-order valence-electron chi connectivity index (χ1n) is 7.73. The number of rotatable bonds is 5. The monoisotopic (exact) mass is 336 g/mol. The minimum absolute atomic E-state index is 0.119. The zero-order valence-electron chi connectivity index (χ0n) is 13.3. The van der Waals surface area contributed by atoms with Crippen molar-refractivity contribution < 1.29 is 9.53 Å². The number of nitrogens with zero attached hydrogens (tertiary/aromatic N) is 3. The standard InChI is InChI=1S/C15H20N4O3S/c1-9-3-4-10-11(7-9)23-14-13(10)15(21)19(18-17-14)8-12(20)16-5-6-22-2/h9H,3-8H2,1-2H3,(H,16,20). The third-order valence-electron chi connectivity index (χ3n) is 4.11. The van der Waals surface area contributed by atoms with E-state index in [1.807, 2.05) is 0 Å². The highest BCUT2D eigenvalue weighted by molar-refractivity contribution is 7.18. The van der Waals surface area contributed by atoms with Crippen LogP contribution in [0.3, 0.4) is 0 Å². The van der Waals surface area contributed by atoms with Gasteiger partial charge >= 0.3 is 0 Å². The summed E-state index contributed by atoms with van der Waals surface area (Å²) in [6, 6.07) is 0. The van der Waals surface area contributed by atoms with Crippen LogP contribution in [0.4, 0.5) is 0 Å². The fourth-order valence-electron chi connectivity index (χ4n) is 2.88. The molecule has 2 aromatic heterocycles. The number of carbonyl (C=O) groups is 1. The number of amides is 1. The number of nitrogens with one attached hydrogen (secondary N) is 1. The minimum Gasteiger partial charge on any atom is -0.383 e. The lowest BCUT2D eigenvalue weighted by molar-refractivity contribution is -0.122. The van der Waals surface area contributed by atoms with Crippen LogP contribution in [0.5, 0.6) is 0 Å². The Morgan fingerprint density at radius 3 is 3.13 bits per heavy atom. The van der Waals surface area contributed by atoms with Gasteiger partial charge in [0.25, 0.3) is 5.56 Å². The molecule has 23 heavy (non-hydrogen) atoms. The molecule has 7 nitrogen and oxygen atoms in total. The van der Waals surface area contributed by atoms with Gasteiger partial charge in [-0.1, -0.05) is 12.1 Å². The molecule has 0 saturated heterocycles. The van der Waals surface area contributed by atoms with E-state index in [1.165, 1.54) is 4.88 Å². The number of ether oxygens (including phenoxy) is 1. The van der Waals surface area contributed by atoms with Crippen molar-refractivity contribution in [1.82, 2.24) is 20.3 Å². The summed E-state index contributed by atoms with van der Waals surface area (Å²) in [6.45, 7) is 2.95. The van der Waals surface area contributed by atoms with Crippen molar-refractivity contribution in [3.05, 3.63) is 20.8 Å². The van der Waals surface area contributed by atoms with Crippen molar-refractivity contribution in [1.29, 1.82) is 0 Å². The zero-order valence-corrected chi connectivity index (χ0v) is 14.1. The molecule has 0 saturated carbocycles. The van der Waals surface area contributed by atoms with E-state index in [0.717, 1.165) is 29.5 Å². The molecule has 0 spiro atoms. The Labute approximate surface area is 137 Å². The predicted molar refractivity (Wildman–Crippen MR) is 87.7 cm³/mol. The highest BCUT2D eigenvalue weighted by atomic mass is 32.1. The lowest BCUT2D eigenvalue weighted by Crippen LogP contribution is -2.35. The number of fused-ring (bicyclic) bond motifs is 3. The van der Waals surface area contributed by atoms with Gasteiger partial charge in [-0.15, -0.1) is 16.4 Å². The Morgan fingerprint density at radius 1 is 1.52 bits per heavy atom. The third kappa shape index (κ3) is 3.28. The van der Waals surface area contributed by atoms with Gasteiger partial charge in [-0.25, -0.2) is 4.68 Å². The summed E-state index contributed by atoms with van der Waals surface area (Å²) in [4.78, 5) is 26.5. The molecule has 1 amide bonds. The summed E-state index contributed by atoms with van der Waals surface area (Å²) >= 11 is 1.56. The van der Waals surface area contributed by atoms with E-state index in [9.17, 15) is 9.59 Å². The van der Waals surface area contributed by atoms with Crippen molar-refractivity contribution in [2.45, 2.75) is 32.7 Å². The van der Waals surface area contributed by atoms with Crippen molar-refractivity contribution >= 4 is 27.5 Å². The maximum absolute atomic E-state index is 12.7. The molecule has 2 heterocycles. The molecule has 1 aliphatic carbocycles. The Kier molecular flexibility index (Phi) is 4.72. The Hall–Kier alpha value is -1.80. The van der Waals surface area contributed by atoms with E-state index >= 15 is 0 Å². The first-order chi connectivity index (χ1) is 11.1. The average molecular weight is 336 g/mol. The number of thiophene rings is 1. The summed E-state index contributed by atoms with van der Waals surface area (Å²) < 4.78 is 6.02. The molecular weight excluding hydrogens is 316 g/mol. The molecule has 0 fully saturated rings. The predicted octanol–water partition coefficient (Wildman–Crippen LogP) is 0.740. The molecular formula is C15H20N4O3S. The molecule has 0 aromatic carbocycles. The minimum atomic E-state index is -0.268. The van der Waals surface area contributed by atoms with Gasteiger partial charge in [0.1, 0.15) is 6.54 Å². The summed E-state index contributed by atoms with van der Waals surface area (Å²) in [5, 5.41) is 11.4. The molecule has 124 valence electrons. The summed E-state index contributed by atoms with van der Waals surface area (Å²) in [6.07, 6.45) is 2.98. The second-order valence-electron chi connectivity index (χ2n) is 5.93. The van der Waals surface area contributed by atoms with Crippen LogP contribution in [-0.4, -0.2) is 41.2 Å². The van der Waals surface area contributed by atoms with Crippen molar-refractivity contribution in [2.75, 3.05) is 20.3 Å². The number of aromatic nitrogens is 3. The number of methoxy groups -OCH3 is 1. The first kappa shape index (κ1) is 16.1. The topological polar surface area (TPSA) is 86.1 Å². The Bertz CT molecular complexity index is 783. The van der Waals surface area contributed by atoms with E-state index in [4.69, 9.17) is 4.74 Å². The maximum atomic E-state index is 12.7. The highest BCUT2D eigenvalue weighted by Crippen LogP contribution is 2.35. The molecule has 3 rings (SSSR count). The van der Waals surface area contributed by atoms with Gasteiger partial charge in [-0.05, 0) is 30.7 Å². The lowest BCUT2D eigenvalue weighted by Gasteiger charge is -2.17. The van der Waals surface area contributed by atoms with Gasteiger partial charge in [0.05, 0.1) is 12.0 Å². The van der Waals surface area contributed by atoms with Crippen LogP contribution in [0.2, 0.25) is 0 Å². The van der Waals surface area contributed by atoms with E-state index < -0.39 is 0 Å². The molecule has 1 aliphatic rings. The van der Waals surface area contributed by atoms with Crippen LogP contribution < -0.4 is 10.9 Å². The van der Waals surface area contributed by atoms with E-state index in [-0.39, 0.29) is 18.0 Å². The Balaban J connectivity index is 1.87. The molecule has 8 heteroatoms. The van der Waals surface area contributed by atoms with Gasteiger partial charge in [0, 0.05) is 18.5 Å². The molecule has 1 atom stereocenters. The fraction of sp³-hybridized carbons (Fsp3) is 0.600. The second-order valence-corrected chi connectivity index (χ2v) is 7.01. The van der Waals surface area contributed by atoms with Gasteiger partial charge in [0.2, 0.25) is 5.91 Å². The van der Waals surface area contributed by atoms with E-state index in [0.29, 0.717) is 29.3 Å². The van der Waals surface area contributed by atoms with Crippen molar-refractivity contribution in [3.8, 4) is 0 Å². The van der Waals surface area contributed by atoms with Crippen LogP contribution in [0, 0.1) is 5.92 Å². The zero-order chi connectivity index (χ0) is 16.4. The van der Waals surface area contributed by atoms with Crippen molar-refractivity contribution in [3.63, 3.8) is 0 Å². The average Bonchev–Trinajstić information content (AvgIpc) is 2.88. The maximum Gasteiger partial charge on any atom is 0.279 e. The van der Waals surface area contributed by atoms with Crippen LogP contribution in [0.1, 0.15) is 23.8 Å². The normalized spacial score (nSPS) is 17.2. The fourth-order valence-corrected chi connectivity index (χ4v) is 4.20. The van der Waals surface area contributed by atoms with Gasteiger partial charge in [0.15, 0.2) is 4.83 Å². The molecule has 1 N–H and O–H groups in total. The van der Waals surface area contributed by atoms with Gasteiger partial charge < -0.3 is 10.1 Å². The SMILES string of the molecule is COCCNC(=O)Cn1nnc2sc3c(c2c1=O)CCC(C)C3. The van der Waals surface area contributed by atoms with Crippen LogP contribution >= 0.6 is 11.3 Å². The number of hydrogen-bond acceptors (Lipinski definition) is 6. The quantitative estimate of drug-likeness (QED) is 0.814. The van der Waals surface area contributed by atoms with Gasteiger partial charge in [-0.2, -0.15) is 0 Å².